The lowest BCUT2D eigenvalue weighted by atomic mass is 10.2. The maximum atomic E-state index is 5.66. The molecular weight excluding hydrogens is 315 g/mol. The Kier molecular flexibility index (Phi) is 3.69. The summed E-state index contributed by atoms with van der Waals surface area (Å²) in [5.41, 5.74) is 0.892. The van der Waals surface area contributed by atoms with Gasteiger partial charge in [-0.25, -0.2) is 0 Å². The lowest BCUT2D eigenvalue weighted by molar-refractivity contribution is 1.33. The molecule has 4 heteroatoms. The van der Waals surface area contributed by atoms with Crippen molar-refractivity contribution in [2.75, 3.05) is 0 Å². The van der Waals surface area contributed by atoms with Crippen LogP contribution in [0.15, 0.2) is 27.1 Å². The van der Waals surface area contributed by atoms with Gasteiger partial charge in [0.15, 0.2) is 0 Å². The lowest BCUT2D eigenvalue weighted by Crippen LogP contribution is -1.80. The van der Waals surface area contributed by atoms with E-state index in [-0.39, 0.29) is 0 Å². The number of benzene rings is 1. The molecule has 0 N–H and O–H groups in total. The molecule has 60 valence electrons. The van der Waals surface area contributed by atoms with Gasteiger partial charge in [0.25, 0.3) is 0 Å². The highest BCUT2D eigenvalue weighted by Gasteiger charge is 2.04. The molecule has 0 aromatic heterocycles. The van der Waals surface area contributed by atoms with E-state index >= 15 is 0 Å². The van der Waals surface area contributed by atoms with Crippen LogP contribution in [0.4, 0.5) is 0 Å². The summed E-state index contributed by atoms with van der Waals surface area (Å²) in [5.74, 6) is 0. The molecule has 1 aromatic carbocycles. The van der Waals surface area contributed by atoms with Crippen LogP contribution >= 0.6 is 55.1 Å². The van der Waals surface area contributed by atoms with Crippen molar-refractivity contribution in [3.05, 3.63) is 32.7 Å². The third-order valence-electron chi connectivity index (χ3n) is 1.20. The van der Waals surface area contributed by atoms with Crippen molar-refractivity contribution in [3.63, 3.8) is 0 Å². The van der Waals surface area contributed by atoms with Gasteiger partial charge in [0.05, 0.1) is 0 Å². The molecule has 0 spiro atoms. The minimum absolute atomic E-state index is 0.459. The molecule has 0 aliphatic heterocycles. The number of alkyl halides is 2. The molecule has 1 aromatic rings. The van der Waals surface area contributed by atoms with Crippen LogP contribution in [0.25, 0.3) is 0 Å². The Hall–Kier alpha value is 0.760. The Bertz CT molecular complexity index is 261. The van der Waals surface area contributed by atoms with Gasteiger partial charge in [-0.15, -0.1) is 23.2 Å². The first-order chi connectivity index (χ1) is 5.11. The van der Waals surface area contributed by atoms with Gasteiger partial charge in [0.2, 0.25) is 0 Å². The molecule has 1 rings (SSSR count). The highest BCUT2D eigenvalue weighted by molar-refractivity contribution is 9.13. The smallest absolute Gasteiger partial charge is 0.100 e. The van der Waals surface area contributed by atoms with Crippen LogP contribution in [0.1, 0.15) is 10.4 Å². The molecule has 0 saturated carbocycles. The first kappa shape index (κ1) is 9.85. The fourth-order valence-corrected chi connectivity index (χ4v) is 1.56. The van der Waals surface area contributed by atoms with E-state index in [2.05, 4.69) is 31.9 Å². The molecule has 0 atom stereocenters. The lowest BCUT2D eigenvalue weighted by Gasteiger charge is -2.02. The molecule has 0 fully saturated rings. The number of halogens is 4. The van der Waals surface area contributed by atoms with Crippen molar-refractivity contribution in [2.24, 2.45) is 0 Å². The second-order valence-corrected chi connectivity index (χ2v) is 4.78. The van der Waals surface area contributed by atoms with Crippen LogP contribution in [0.3, 0.4) is 0 Å². The van der Waals surface area contributed by atoms with Crippen molar-refractivity contribution in [3.8, 4) is 0 Å². The Labute approximate surface area is 92.1 Å². The van der Waals surface area contributed by atoms with Gasteiger partial charge < -0.3 is 0 Å². The summed E-state index contributed by atoms with van der Waals surface area (Å²) in [4.78, 5) is -0.459. The maximum Gasteiger partial charge on any atom is 0.132 e. The highest BCUT2D eigenvalue weighted by atomic mass is 79.9. The van der Waals surface area contributed by atoms with E-state index in [9.17, 15) is 0 Å². The zero-order valence-electron chi connectivity index (χ0n) is 5.32. The van der Waals surface area contributed by atoms with E-state index in [0.29, 0.717) is 0 Å². The largest absolute Gasteiger partial charge is 0.132 e. The summed E-state index contributed by atoms with van der Waals surface area (Å²) in [6.07, 6.45) is 0. The summed E-state index contributed by atoms with van der Waals surface area (Å²) in [6, 6.07) is 5.66. The topological polar surface area (TPSA) is 0 Å². The summed E-state index contributed by atoms with van der Waals surface area (Å²) in [7, 11) is 0. The first-order valence-corrected chi connectivity index (χ1v) is 5.30. The molecule has 0 nitrogen and oxygen atoms in total. The molecule has 0 bridgehead atoms. The standard InChI is InChI=1S/C7H4Br2Cl2/c8-5-2-1-4(7(10)11)3-6(5)9/h1-3,7H. The maximum absolute atomic E-state index is 5.66. The second kappa shape index (κ2) is 4.13. The quantitative estimate of drug-likeness (QED) is 0.659. The number of hydrogen-bond donors (Lipinski definition) is 0. The molecule has 0 saturated heterocycles. The molecule has 0 aliphatic carbocycles. The normalized spacial score (nSPS) is 10.6. The summed E-state index contributed by atoms with van der Waals surface area (Å²) >= 11 is 18.0. The summed E-state index contributed by atoms with van der Waals surface area (Å²) in [6.45, 7) is 0. The fourth-order valence-electron chi connectivity index (χ4n) is 0.648. The molecule has 0 heterocycles. The average Bonchev–Trinajstić information content (AvgIpc) is 1.94. The van der Waals surface area contributed by atoms with Gasteiger partial charge in [-0.2, -0.15) is 0 Å². The third-order valence-corrected chi connectivity index (χ3v) is 3.58. The van der Waals surface area contributed by atoms with Crippen molar-refractivity contribution < 1.29 is 0 Å². The van der Waals surface area contributed by atoms with E-state index in [1.807, 2.05) is 18.2 Å². The number of rotatable bonds is 1. The van der Waals surface area contributed by atoms with Gasteiger partial charge in [0.1, 0.15) is 4.84 Å². The molecule has 0 aliphatic rings. The Morgan fingerprint density at radius 3 is 2.18 bits per heavy atom. The van der Waals surface area contributed by atoms with E-state index in [0.717, 1.165) is 14.5 Å². The zero-order valence-corrected chi connectivity index (χ0v) is 10.0. The minimum Gasteiger partial charge on any atom is -0.100 e. The second-order valence-electron chi connectivity index (χ2n) is 1.97. The van der Waals surface area contributed by atoms with Gasteiger partial charge in [-0.1, -0.05) is 6.07 Å². The summed E-state index contributed by atoms with van der Waals surface area (Å²) < 4.78 is 1.96. The predicted octanol–water partition coefficient (Wildman–Crippen LogP) is 4.69. The predicted molar refractivity (Wildman–Crippen MR) is 56.3 cm³/mol. The highest BCUT2D eigenvalue weighted by Crippen LogP contribution is 2.30. The van der Waals surface area contributed by atoms with Crippen LogP contribution in [0.5, 0.6) is 0 Å². The van der Waals surface area contributed by atoms with Gasteiger partial charge in [0, 0.05) is 8.95 Å². The van der Waals surface area contributed by atoms with Crippen molar-refractivity contribution >= 4 is 55.1 Å². The summed E-state index contributed by atoms with van der Waals surface area (Å²) in [5, 5.41) is 0. The van der Waals surface area contributed by atoms with E-state index < -0.39 is 4.84 Å². The zero-order chi connectivity index (χ0) is 8.43. The van der Waals surface area contributed by atoms with Crippen molar-refractivity contribution in [1.29, 1.82) is 0 Å². The van der Waals surface area contributed by atoms with Gasteiger partial charge >= 0.3 is 0 Å². The molecular formula is C7H4Br2Cl2. The molecule has 0 amide bonds. The van der Waals surface area contributed by atoms with Crippen LogP contribution in [0, 0.1) is 0 Å². The third kappa shape index (κ3) is 2.62. The van der Waals surface area contributed by atoms with E-state index in [1.165, 1.54) is 0 Å². The Morgan fingerprint density at radius 2 is 1.73 bits per heavy atom. The Balaban J connectivity index is 3.05. The average molecular weight is 319 g/mol. The molecule has 11 heavy (non-hydrogen) atoms. The fraction of sp³-hybridized carbons (Fsp3) is 0.143. The van der Waals surface area contributed by atoms with E-state index in [4.69, 9.17) is 23.2 Å². The van der Waals surface area contributed by atoms with E-state index in [1.54, 1.807) is 0 Å². The van der Waals surface area contributed by atoms with Crippen LogP contribution in [0.2, 0.25) is 0 Å². The van der Waals surface area contributed by atoms with Crippen LogP contribution < -0.4 is 0 Å². The Morgan fingerprint density at radius 1 is 1.09 bits per heavy atom. The molecule has 0 unspecified atom stereocenters. The first-order valence-electron chi connectivity index (χ1n) is 2.84. The van der Waals surface area contributed by atoms with Crippen LogP contribution in [-0.2, 0) is 0 Å². The minimum atomic E-state index is -0.459. The van der Waals surface area contributed by atoms with Crippen molar-refractivity contribution in [2.45, 2.75) is 4.84 Å². The SMILES string of the molecule is ClC(Cl)c1ccc(Br)c(Br)c1. The van der Waals surface area contributed by atoms with Gasteiger partial charge in [-0.05, 0) is 49.6 Å². The van der Waals surface area contributed by atoms with Crippen LogP contribution in [-0.4, -0.2) is 0 Å². The van der Waals surface area contributed by atoms with Crippen molar-refractivity contribution in [1.82, 2.24) is 0 Å². The van der Waals surface area contributed by atoms with Gasteiger partial charge in [-0.3, -0.25) is 0 Å². The number of hydrogen-bond acceptors (Lipinski definition) is 0. The monoisotopic (exact) mass is 316 g/mol. The molecule has 0 radical (unpaired) electrons.